The normalized spacial score (nSPS) is 14.2. The lowest BCUT2D eigenvalue weighted by Crippen LogP contribution is -2.28. The molecule has 1 aromatic rings. The van der Waals surface area contributed by atoms with Crippen molar-refractivity contribution < 1.29 is 19.2 Å². The van der Waals surface area contributed by atoms with Crippen molar-refractivity contribution in [2.45, 2.75) is 19.3 Å². The number of carbonyl (C=O) groups excluding carboxylic acids is 2. The summed E-state index contributed by atoms with van der Waals surface area (Å²) in [4.78, 5) is 32.9. The summed E-state index contributed by atoms with van der Waals surface area (Å²) in [6, 6.07) is 5.42. The van der Waals surface area contributed by atoms with Gasteiger partial charge in [0.1, 0.15) is 0 Å². The first-order chi connectivity index (χ1) is 9.56. The zero-order valence-electron chi connectivity index (χ0n) is 10.7. The molecule has 1 aliphatic rings. The maximum absolute atomic E-state index is 11.5. The van der Waals surface area contributed by atoms with Crippen LogP contribution in [-0.4, -0.2) is 23.4 Å². The van der Waals surface area contributed by atoms with Crippen LogP contribution in [0.25, 0.3) is 0 Å². The fourth-order valence-electron chi connectivity index (χ4n) is 1.76. The molecule has 0 aromatic heterocycles. The van der Waals surface area contributed by atoms with Crippen molar-refractivity contribution in [2.75, 3.05) is 11.9 Å². The van der Waals surface area contributed by atoms with Gasteiger partial charge in [0.2, 0.25) is 0 Å². The minimum absolute atomic E-state index is 0.0561. The molecular weight excluding hydrogens is 264 g/mol. The van der Waals surface area contributed by atoms with Gasteiger partial charge in [-0.3, -0.25) is 19.7 Å². The summed E-state index contributed by atoms with van der Waals surface area (Å²) < 4.78 is 4.88. The zero-order chi connectivity index (χ0) is 14.5. The van der Waals surface area contributed by atoms with Crippen LogP contribution in [0.3, 0.4) is 0 Å². The van der Waals surface area contributed by atoms with E-state index in [0.29, 0.717) is 5.69 Å². The molecule has 106 valence electrons. The first-order valence-corrected chi connectivity index (χ1v) is 6.27. The van der Waals surface area contributed by atoms with Crippen LogP contribution in [0, 0.1) is 16.0 Å². The molecule has 0 aliphatic heterocycles. The SMILES string of the molecule is O=C(COC(=O)C1CCC1)Nc1ccc([N+](=O)[O-])cc1. The Bertz CT molecular complexity index is 522. The van der Waals surface area contributed by atoms with Crippen molar-refractivity contribution in [1.29, 1.82) is 0 Å². The van der Waals surface area contributed by atoms with Crippen LogP contribution in [0.15, 0.2) is 24.3 Å². The monoisotopic (exact) mass is 278 g/mol. The number of carbonyl (C=O) groups is 2. The summed E-state index contributed by atoms with van der Waals surface area (Å²) in [5.41, 5.74) is 0.361. The number of ether oxygens (including phenoxy) is 1. The molecule has 20 heavy (non-hydrogen) atoms. The lowest BCUT2D eigenvalue weighted by atomic mass is 9.86. The van der Waals surface area contributed by atoms with Gasteiger partial charge in [0.05, 0.1) is 10.8 Å². The van der Waals surface area contributed by atoms with E-state index in [0.717, 1.165) is 19.3 Å². The standard InChI is InChI=1S/C13H14N2O5/c16-12(8-20-13(17)9-2-1-3-9)14-10-4-6-11(7-5-10)15(18)19/h4-7,9H,1-3,8H2,(H,14,16). The predicted octanol–water partition coefficient (Wildman–Crippen LogP) is 1.88. The summed E-state index contributed by atoms with van der Waals surface area (Å²) in [6.45, 7) is -0.341. The first kappa shape index (κ1) is 14.0. The van der Waals surface area contributed by atoms with Crippen molar-refractivity contribution in [1.82, 2.24) is 0 Å². The first-order valence-electron chi connectivity index (χ1n) is 6.27. The fourth-order valence-corrected chi connectivity index (χ4v) is 1.76. The highest BCUT2D eigenvalue weighted by Gasteiger charge is 2.27. The second kappa shape index (κ2) is 6.14. The van der Waals surface area contributed by atoms with Crippen molar-refractivity contribution in [3.05, 3.63) is 34.4 Å². The third kappa shape index (κ3) is 3.53. The number of hydrogen-bond donors (Lipinski definition) is 1. The van der Waals surface area contributed by atoms with Crippen molar-refractivity contribution in [2.24, 2.45) is 5.92 Å². The third-order valence-corrected chi connectivity index (χ3v) is 3.15. The van der Waals surface area contributed by atoms with Crippen LogP contribution in [-0.2, 0) is 14.3 Å². The minimum atomic E-state index is -0.522. The average molecular weight is 278 g/mol. The largest absolute Gasteiger partial charge is 0.455 e. The summed E-state index contributed by atoms with van der Waals surface area (Å²) in [6.07, 6.45) is 2.67. The molecule has 0 saturated heterocycles. The molecule has 0 bridgehead atoms. The van der Waals surface area contributed by atoms with Gasteiger partial charge >= 0.3 is 5.97 Å². The Labute approximate surface area is 115 Å². The number of nitrogens with zero attached hydrogens (tertiary/aromatic N) is 1. The Hall–Kier alpha value is -2.44. The highest BCUT2D eigenvalue weighted by Crippen LogP contribution is 2.27. The molecule has 1 saturated carbocycles. The van der Waals surface area contributed by atoms with Crippen LogP contribution in [0.1, 0.15) is 19.3 Å². The quantitative estimate of drug-likeness (QED) is 0.503. The van der Waals surface area contributed by atoms with Gasteiger partial charge in [-0.25, -0.2) is 0 Å². The van der Waals surface area contributed by atoms with E-state index in [1.165, 1.54) is 24.3 Å². The molecule has 0 unspecified atom stereocenters. The van der Waals surface area contributed by atoms with E-state index in [1.807, 2.05) is 0 Å². The predicted molar refractivity (Wildman–Crippen MR) is 70.0 cm³/mol. The summed E-state index contributed by atoms with van der Waals surface area (Å²) in [5, 5.41) is 13.0. The molecule has 7 nitrogen and oxygen atoms in total. The van der Waals surface area contributed by atoms with Crippen molar-refractivity contribution in [3.63, 3.8) is 0 Å². The number of amides is 1. The molecule has 1 amide bonds. The summed E-state index contributed by atoms with van der Waals surface area (Å²) >= 11 is 0. The van der Waals surface area contributed by atoms with Gasteiger partial charge in [-0.1, -0.05) is 6.42 Å². The molecular formula is C13H14N2O5. The Morgan fingerprint density at radius 2 is 1.95 bits per heavy atom. The highest BCUT2D eigenvalue weighted by atomic mass is 16.6. The molecule has 0 radical (unpaired) electrons. The summed E-state index contributed by atoms with van der Waals surface area (Å²) in [5.74, 6) is -0.871. The number of non-ortho nitro benzene ring substituents is 1. The fraction of sp³-hybridized carbons (Fsp3) is 0.385. The second-order valence-corrected chi connectivity index (χ2v) is 4.59. The average Bonchev–Trinajstić information content (AvgIpc) is 2.35. The van der Waals surface area contributed by atoms with Crippen molar-refractivity contribution >= 4 is 23.3 Å². The number of rotatable bonds is 5. The van der Waals surface area contributed by atoms with Crippen LogP contribution < -0.4 is 5.32 Å². The smallest absolute Gasteiger partial charge is 0.309 e. The van der Waals surface area contributed by atoms with Gasteiger partial charge in [0, 0.05) is 17.8 Å². The molecule has 2 rings (SSSR count). The number of nitro groups is 1. The molecule has 1 N–H and O–H groups in total. The number of anilines is 1. The molecule has 0 atom stereocenters. The van der Waals surface area contributed by atoms with E-state index >= 15 is 0 Å². The van der Waals surface area contributed by atoms with E-state index in [-0.39, 0.29) is 24.2 Å². The van der Waals surface area contributed by atoms with E-state index < -0.39 is 10.8 Å². The Morgan fingerprint density at radius 1 is 1.30 bits per heavy atom. The van der Waals surface area contributed by atoms with Gasteiger partial charge in [-0.15, -0.1) is 0 Å². The zero-order valence-corrected chi connectivity index (χ0v) is 10.7. The maximum Gasteiger partial charge on any atom is 0.309 e. The van der Waals surface area contributed by atoms with Crippen LogP contribution in [0.2, 0.25) is 0 Å². The summed E-state index contributed by atoms with van der Waals surface area (Å²) in [7, 11) is 0. The number of esters is 1. The number of nitro benzene ring substituents is 1. The molecule has 7 heteroatoms. The van der Waals surface area contributed by atoms with Crippen LogP contribution in [0.4, 0.5) is 11.4 Å². The Morgan fingerprint density at radius 3 is 2.45 bits per heavy atom. The molecule has 1 aliphatic carbocycles. The minimum Gasteiger partial charge on any atom is -0.455 e. The topological polar surface area (TPSA) is 98.5 Å². The van der Waals surface area contributed by atoms with E-state index in [9.17, 15) is 19.7 Å². The van der Waals surface area contributed by atoms with Gasteiger partial charge in [-0.05, 0) is 25.0 Å². The Kier molecular flexibility index (Phi) is 4.29. The highest BCUT2D eigenvalue weighted by molar-refractivity contribution is 5.93. The van der Waals surface area contributed by atoms with Gasteiger partial charge < -0.3 is 10.1 Å². The van der Waals surface area contributed by atoms with E-state index in [1.54, 1.807) is 0 Å². The van der Waals surface area contributed by atoms with Crippen LogP contribution >= 0.6 is 0 Å². The number of hydrogen-bond acceptors (Lipinski definition) is 5. The molecule has 0 spiro atoms. The third-order valence-electron chi connectivity index (χ3n) is 3.15. The molecule has 1 aromatic carbocycles. The maximum atomic E-state index is 11.5. The van der Waals surface area contributed by atoms with Crippen LogP contribution in [0.5, 0.6) is 0 Å². The number of benzene rings is 1. The van der Waals surface area contributed by atoms with E-state index in [2.05, 4.69) is 5.32 Å². The van der Waals surface area contributed by atoms with Gasteiger partial charge in [0.15, 0.2) is 6.61 Å². The number of nitrogens with one attached hydrogen (secondary N) is 1. The van der Waals surface area contributed by atoms with Crippen molar-refractivity contribution in [3.8, 4) is 0 Å². The van der Waals surface area contributed by atoms with Gasteiger partial charge in [-0.2, -0.15) is 0 Å². The van der Waals surface area contributed by atoms with E-state index in [4.69, 9.17) is 4.74 Å². The molecule has 1 fully saturated rings. The second-order valence-electron chi connectivity index (χ2n) is 4.59. The molecule has 0 heterocycles. The van der Waals surface area contributed by atoms with Gasteiger partial charge in [0.25, 0.3) is 11.6 Å². The lowest BCUT2D eigenvalue weighted by Gasteiger charge is -2.22. The lowest BCUT2D eigenvalue weighted by molar-refractivity contribution is -0.384. The Balaban J connectivity index is 1.78.